The molecule has 3 N–H and O–H groups in total. The highest BCUT2D eigenvalue weighted by Gasteiger charge is 2.45. The Balaban J connectivity index is 0.00000120. The van der Waals surface area contributed by atoms with Crippen LogP contribution in [-0.2, 0) is 0 Å². The second-order valence-corrected chi connectivity index (χ2v) is 3.70. The van der Waals surface area contributed by atoms with E-state index in [2.05, 4.69) is 20.7 Å². The first-order valence-electron chi connectivity index (χ1n) is 4.94. The van der Waals surface area contributed by atoms with Gasteiger partial charge in [-0.3, -0.25) is 5.41 Å². The molecule has 0 bridgehead atoms. The number of nitrogens with zero attached hydrogens (tertiary/aromatic N) is 5. The Morgan fingerprint density at radius 2 is 1.72 bits per heavy atom. The molecule has 10 heteroatoms. The molecule has 0 saturated carbocycles. The smallest absolute Gasteiger partial charge is 0.189 e. The number of likely N-dealkylation sites (tertiary alicyclic amines) is 1. The maximum Gasteiger partial charge on any atom is 0.189 e. The molecule has 0 amide bonds. The molecule has 3 rings (SSSR count). The Bertz CT molecular complexity index is 473. The van der Waals surface area contributed by atoms with Crippen LogP contribution < -0.4 is 5.73 Å². The molecule has 0 radical (unpaired) electrons. The van der Waals surface area contributed by atoms with Gasteiger partial charge >= 0.3 is 0 Å². The third-order valence-corrected chi connectivity index (χ3v) is 2.81. The van der Waals surface area contributed by atoms with Crippen molar-refractivity contribution < 1.29 is 9.05 Å². The van der Waals surface area contributed by atoms with Crippen molar-refractivity contribution in [1.29, 1.82) is 5.41 Å². The highest BCUT2D eigenvalue weighted by molar-refractivity contribution is 5.85. The molecule has 2 aromatic heterocycles. The summed E-state index contributed by atoms with van der Waals surface area (Å²) in [6, 6.07) is -0.282. The van der Waals surface area contributed by atoms with Crippen LogP contribution in [0.2, 0.25) is 0 Å². The highest BCUT2D eigenvalue weighted by Crippen LogP contribution is 2.46. The Morgan fingerprint density at radius 1 is 1.22 bits per heavy atom. The van der Waals surface area contributed by atoms with E-state index >= 15 is 0 Å². The number of hydrogen-bond donors (Lipinski definition) is 2. The molecule has 0 spiro atoms. The van der Waals surface area contributed by atoms with Crippen LogP contribution in [0.15, 0.2) is 21.4 Å². The fourth-order valence-electron chi connectivity index (χ4n) is 2.00. The first-order chi connectivity index (χ1) is 8.27. The van der Waals surface area contributed by atoms with Gasteiger partial charge in [0.05, 0.1) is 24.5 Å². The van der Waals surface area contributed by atoms with Crippen LogP contribution in [0.4, 0.5) is 0 Å². The van der Waals surface area contributed by atoms with E-state index in [9.17, 15) is 0 Å². The number of halogens is 1. The predicted molar refractivity (Wildman–Crippen MR) is 59.7 cm³/mol. The summed E-state index contributed by atoms with van der Waals surface area (Å²) in [6.07, 6.45) is 3.71. The normalized spacial score (nSPS) is 22.1. The molecule has 0 aliphatic carbocycles. The summed E-state index contributed by atoms with van der Waals surface area (Å²) < 4.78 is 9.93. The van der Waals surface area contributed by atoms with Gasteiger partial charge in [0.25, 0.3) is 0 Å². The molecular weight excluding hydrogens is 262 g/mol. The number of rotatable bonds is 2. The Kier molecular flexibility index (Phi) is 3.15. The van der Waals surface area contributed by atoms with Crippen molar-refractivity contribution >= 4 is 18.4 Å². The summed E-state index contributed by atoms with van der Waals surface area (Å²) >= 11 is 0. The quantitative estimate of drug-likeness (QED) is 0.587. The van der Waals surface area contributed by atoms with Crippen molar-refractivity contribution in [1.82, 2.24) is 25.6 Å². The van der Waals surface area contributed by atoms with Crippen LogP contribution in [0, 0.1) is 5.41 Å². The first-order valence-corrected chi connectivity index (χ1v) is 4.94. The Labute approximate surface area is 107 Å². The molecule has 1 aliphatic rings. The lowest BCUT2D eigenvalue weighted by atomic mass is 9.90. The van der Waals surface area contributed by atoms with E-state index in [1.54, 1.807) is 4.90 Å². The van der Waals surface area contributed by atoms with E-state index in [4.69, 9.17) is 20.2 Å². The number of hydrogen-bond acceptors (Lipinski definition) is 7. The molecule has 2 aromatic rings. The van der Waals surface area contributed by atoms with Gasteiger partial charge in [0.2, 0.25) is 0 Å². The van der Waals surface area contributed by atoms with E-state index < -0.39 is 0 Å². The van der Waals surface area contributed by atoms with Gasteiger partial charge in [-0.2, -0.15) is 0 Å². The standard InChI is InChI=1S/C8H9N7O2.ClH/c9-8(10)15-4(6-2-11-13-16-6)1-5(15)7-3-12-14-17-7;/h2-5H,1H2,(H3,9,10);1H. The molecule has 96 valence electrons. The van der Waals surface area contributed by atoms with Crippen molar-refractivity contribution in [3.63, 3.8) is 0 Å². The zero-order chi connectivity index (χ0) is 11.8. The van der Waals surface area contributed by atoms with E-state index in [1.807, 2.05) is 0 Å². The van der Waals surface area contributed by atoms with Gasteiger partial charge in [0.15, 0.2) is 17.5 Å². The lowest BCUT2D eigenvalue weighted by Crippen LogP contribution is -2.50. The van der Waals surface area contributed by atoms with E-state index in [0.717, 1.165) is 0 Å². The number of aromatic nitrogens is 4. The molecule has 1 fully saturated rings. The van der Waals surface area contributed by atoms with Gasteiger partial charge in [-0.05, 0) is 0 Å². The van der Waals surface area contributed by atoms with E-state index in [1.165, 1.54) is 12.4 Å². The van der Waals surface area contributed by atoms with Crippen LogP contribution in [0.5, 0.6) is 0 Å². The topological polar surface area (TPSA) is 131 Å². The van der Waals surface area contributed by atoms with Gasteiger partial charge in [-0.15, -0.1) is 22.6 Å². The lowest BCUT2D eigenvalue weighted by molar-refractivity contribution is 0.0498. The Hall–Kier alpha value is -2.16. The number of guanidine groups is 1. The van der Waals surface area contributed by atoms with Crippen LogP contribution in [-0.4, -0.2) is 31.6 Å². The van der Waals surface area contributed by atoms with E-state index in [-0.39, 0.29) is 30.5 Å². The second-order valence-electron chi connectivity index (χ2n) is 3.70. The first kappa shape index (κ1) is 12.3. The summed E-state index contributed by atoms with van der Waals surface area (Å²) in [4.78, 5) is 1.64. The monoisotopic (exact) mass is 271 g/mol. The molecule has 2 unspecified atom stereocenters. The van der Waals surface area contributed by atoms with Crippen LogP contribution in [0.3, 0.4) is 0 Å². The number of nitrogens with one attached hydrogen (secondary N) is 1. The molecule has 1 saturated heterocycles. The van der Waals surface area contributed by atoms with E-state index in [0.29, 0.717) is 17.9 Å². The third-order valence-electron chi connectivity index (χ3n) is 2.81. The fourth-order valence-corrected chi connectivity index (χ4v) is 2.00. The average Bonchev–Trinajstić information content (AvgIpc) is 2.86. The molecule has 3 heterocycles. The molecule has 18 heavy (non-hydrogen) atoms. The molecule has 1 aliphatic heterocycles. The van der Waals surface area contributed by atoms with Gasteiger partial charge in [-0.25, -0.2) is 0 Å². The maximum atomic E-state index is 7.56. The maximum absolute atomic E-state index is 7.56. The molecular formula is C8H10ClN7O2. The average molecular weight is 272 g/mol. The zero-order valence-corrected chi connectivity index (χ0v) is 9.87. The van der Waals surface area contributed by atoms with Crippen LogP contribution in [0.1, 0.15) is 30.0 Å². The Morgan fingerprint density at radius 3 is 2.06 bits per heavy atom. The summed E-state index contributed by atoms with van der Waals surface area (Å²) in [5.41, 5.74) is 5.53. The van der Waals surface area contributed by atoms with Crippen molar-refractivity contribution in [3.8, 4) is 0 Å². The van der Waals surface area contributed by atoms with Crippen molar-refractivity contribution in [2.24, 2.45) is 5.73 Å². The van der Waals surface area contributed by atoms with Gasteiger partial charge in [0, 0.05) is 17.0 Å². The summed E-state index contributed by atoms with van der Waals surface area (Å²) in [6.45, 7) is 0. The SMILES string of the molecule is Cl.N=C(N)N1C(c2cnno2)CC1c1cnno1. The predicted octanol–water partition coefficient (Wildman–Crippen LogP) is 0.256. The molecule has 0 aromatic carbocycles. The van der Waals surface area contributed by atoms with Crippen molar-refractivity contribution in [2.45, 2.75) is 18.5 Å². The minimum absolute atomic E-state index is 0. The van der Waals surface area contributed by atoms with Gasteiger partial charge in [0.1, 0.15) is 0 Å². The molecule has 2 atom stereocenters. The lowest BCUT2D eigenvalue weighted by Gasteiger charge is -2.45. The number of nitrogens with two attached hydrogens (primary N) is 1. The minimum Gasteiger partial charge on any atom is -0.370 e. The largest absolute Gasteiger partial charge is 0.370 e. The summed E-state index contributed by atoms with van der Waals surface area (Å²) in [7, 11) is 0. The third kappa shape index (κ3) is 1.78. The second kappa shape index (κ2) is 4.61. The zero-order valence-electron chi connectivity index (χ0n) is 9.05. The molecule has 9 nitrogen and oxygen atoms in total. The fraction of sp³-hybridized carbons (Fsp3) is 0.375. The van der Waals surface area contributed by atoms with Crippen molar-refractivity contribution in [3.05, 3.63) is 23.9 Å². The summed E-state index contributed by atoms with van der Waals surface area (Å²) in [5.74, 6) is 1.08. The minimum atomic E-state index is -0.141. The highest BCUT2D eigenvalue weighted by atomic mass is 35.5. The van der Waals surface area contributed by atoms with Gasteiger partial charge < -0.3 is 19.7 Å². The van der Waals surface area contributed by atoms with Crippen molar-refractivity contribution in [2.75, 3.05) is 0 Å². The van der Waals surface area contributed by atoms with Crippen LogP contribution >= 0.6 is 12.4 Å². The summed E-state index contributed by atoms with van der Waals surface area (Å²) in [5, 5.41) is 21.6. The van der Waals surface area contributed by atoms with Crippen LogP contribution in [0.25, 0.3) is 0 Å². The van der Waals surface area contributed by atoms with Gasteiger partial charge in [-0.1, -0.05) is 0 Å².